The summed E-state index contributed by atoms with van der Waals surface area (Å²) >= 11 is 0. The van der Waals surface area contributed by atoms with E-state index in [0.29, 0.717) is 24.9 Å². The second-order valence-electron chi connectivity index (χ2n) is 6.66. The van der Waals surface area contributed by atoms with Crippen LogP contribution in [-0.2, 0) is 14.3 Å². The van der Waals surface area contributed by atoms with Crippen LogP contribution in [0.1, 0.15) is 38.5 Å². The fraction of sp³-hybridized carbons (Fsp3) is 0.579. The van der Waals surface area contributed by atoms with Crippen molar-refractivity contribution in [1.29, 1.82) is 0 Å². The lowest BCUT2D eigenvalue weighted by molar-refractivity contribution is -0.159. The summed E-state index contributed by atoms with van der Waals surface area (Å²) in [5, 5.41) is 2.81. The fourth-order valence-corrected chi connectivity index (χ4v) is 3.62. The van der Waals surface area contributed by atoms with Gasteiger partial charge in [0.15, 0.2) is 0 Å². The van der Waals surface area contributed by atoms with Crippen molar-refractivity contribution in [2.24, 2.45) is 0 Å². The number of carbonyl (C=O) groups is 2. The van der Waals surface area contributed by atoms with Gasteiger partial charge in [0.05, 0.1) is 20.1 Å². The Morgan fingerprint density at radius 3 is 2.64 bits per heavy atom. The highest BCUT2D eigenvalue weighted by atomic mass is 16.5. The summed E-state index contributed by atoms with van der Waals surface area (Å²) < 4.78 is 10.7. The van der Waals surface area contributed by atoms with E-state index in [1.807, 2.05) is 4.90 Å². The molecule has 2 aliphatic rings. The van der Waals surface area contributed by atoms with Crippen molar-refractivity contribution in [3.05, 3.63) is 24.3 Å². The first kappa shape index (κ1) is 17.7. The van der Waals surface area contributed by atoms with Crippen LogP contribution in [0, 0.1) is 0 Å². The van der Waals surface area contributed by atoms with Gasteiger partial charge in [0.1, 0.15) is 11.9 Å². The van der Waals surface area contributed by atoms with Gasteiger partial charge in [0.25, 0.3) is 5.91 Å². The van der Waals surface area contributed by atoms with E-state index in [1.54, 1.807) is 31.4 Å². The molecular weight excluding hydrogens is 320 g/mol. The summed E-state index contributed by atoms with van der Waals surface area (Å²) in [5.41, 5.74) is 0.679. The predicted octanol–water partition coefficient (Wildman–Crippen LogP) is 2.58. The van der Waals surface area contributed by atoms with Crippen LogP contribution in [0.3, 0.4) is 0 Å². The van der Waals surface area contributed by atoms with Crippen molar-refractivity contribution in [2.45, 2.75) is 50.7 Å². The lowest BCUT2D eigenvalue weighted by Gasteiger charge is -2.39. The number of morpholine rings is 1. The number of hydrogen-bond donors (Lipinski definition) is 1. The summed E-state index contributed by atoms with van der Waals surface area (Å²) in [6.07, 6.45) is 5.12. The molecule has 1 saturated heterocycles. The Kier molecular flexibility index (Phi) is 5.91. The highest BCUT2D eigenvalue weighted by molar-refractivity contribution is 5.95. The number of hydrogen-bond acceptors (Lipinski definition) is 4. The largest absolute Gasteiger partial charge is 0.497 e. The van der Waals surface area contributed by atoms with Crippen molar-refractivity contribution in [2.75, 3.05) is 25.6 Å². The molecule has 3 rings (SSSR count). The molecule has 6 nitrogen and oxygen atoms in total. The molecular formula is C19H26N2O4. The molecule has 1 N–H and O–H groups in total. The standard InChI is InChI=1S/C19H26N2O4/c1-24-16-9-7-14(8-10-16)20-18(22)13-17-19(23)21(11-12-25-17)15-5-3-2-4-6-15/h7-10,15,17H,2-6,11-13H2,1H3,(H,20,22). The lowest BCUT2D eigenvalue weighted by Crippen LogP contribution is -2.53. The van der Waals surface area contributed by atoms with E-state index < -0.39 is 6.10 Å². The number of benzene rings is 1. The van der Waals surface area contributed by atoms with Crippen molar-refractivity contribution >= 4 is 17.5 Å². The van der Waals surface area contributed by atoms with Gasteiger partial charge < -0.3 is 19.7 Å². The third-order valence-electron chi connectivity index (χ3n) is 4.97. The number of ether oxygens (including phenoxy) is 2. The second-order valence-corrected chi connectivity index (χ2v) is 6.66. The Balaban J connectivity index is 1.55. The Bertz CT molecular complexity index is 596. The van der Waals surface area contributed by atoms with Crippen LogP contribution in [0.2, 0.25) is 0 Å². The first-order chi connectivity index (χ1) is 12.2. The molecule has 1 unspecified atom stereocenters. The molecule has 136 valence electrons. The number of carbonyl (C=O) groups excluding carboxylic acids is 2. The summed E-state index contributed by atoms with van der Waals surface area (Å²) in [5.74, 6) is 0.476. The van der Waals surface area contributed by atoms with Gasteiger partial charge in [-0.25, -0.2) is 0 Å². The number of amides is 2. The SMILES string of the molecule is COc1ccc(NC(=O)CC2OCCN(C3CCCCC3)C2=O)cc1. The summed E-state index contributed by atoms with van der Waals surface area (Å²) in [6.45, 7) is 1.14. The van der Waals surface area contributed by atoms with E-state index in [-0.39, 0.29) is 18.2 Å². The topological polar surface area (TPSA) is 67.9 Å². The number of nitrogens with zero attached hydrogens (tertiary/aromatic N) is 1. The average Bonchev–Trinajstić information content (AvgIpc) is 2.65. The smallest absolute Gasteiger partial charge is 0.252 e. The maximum Gasteiger partial charge on any atom is 0.252 e. The van der Waals surface area contributed by atoms with Crippen LogP contribution in [0.4, 0.5) is 5.69 Å². The van der Waals surface area contributed by atoms with Gasteiger partial charge in [0, 0.05) is 18.3 Å². The Morgan fingerprint density at radius 1 is 1.24 bits per heavy atom. The fourth-order valence-electron chi connectivity index (χ4n) is 3.62. The molecule has 0 spiro atoms. The van der Waals surface area contributed by atoms with E-state index in [9.17, 15) is 9.59 Å². The molecule has 0 radical (unpaired) electrons. The van der Waals surface area contributed by atoms with Crippen LogP contribution >= 0.6 is 0 Å². The summed E-state index contributed by atoms with van der Waals surface area (Å²) in [7, 11) is 1.59. The zero-order chi connectivity index (χ0) is 17.6. The molecule has 1 heterocycles. The molecule has 2 amide bonds. The average molecular weight is 346 g/mol. The van der Waals surface area contributed by atoms with Crippen molar-refractivity contribution in [1.82, 2.24) is 4.90 Å². The summed E-state index contributed by atoms with van der Waals surface area (Å²) in [6, 6.07) is 7.42. The molecule has 0 aromatic heterocycles. The van der Waals surface area contributed by atoms with Crippen molar-refractivity contribution in [3.63, 3.8) is 0 Å². The quantitative estimate of drug-likeness (QED) is 0.890. The maximum absolute atomic E-state index is 12.7. The van der Waals surface area contributed by atoms with Gasteiger partial charge in [-0.1, -0.05) is 19.3 Å². The molecule has 1 aliphatic heterocycles. The molecule has 1 aromatic carbocycles. The minimum atomic E-state index is -0.672. The van der Waals surface area contributed by atoms with Gasteiger partial charge in [-0.2, -0.15) is 0 Å². The van der Waals surface area contributed by atoms with E-state index in [2.05, 4.69) is 5.32 Å². The van der Waals surface area contributed by atoms with Gasteiger partial charge in [-0.3, -0.25) is 9.59 Å². The zero-order valence-electron chi connectivity index (χ0n) is 14.7. The Hall–Kier alpha value is -2.08. The van der Waals surface area contributed by atoms with Crippen LogP contribution in [-0.4, -0.2) is 49.1 Å². The summed E-state index contributed by atoms with van der Waals surface area (Å²) in [4.78, 5) is 26.9. The molecule has 0 bridgehead atoms. The van der Waals surface area contributed by atoms with Gasteiger partial charge in [-0.05, 0) is 37.1 Å². The maximum atomic E-state index is 12.7. The molecule has 1 saturated carbocycles. The number of methoxy groups -OCH3 is 1. The molecule has 1 aromatic rings. The third-order valence-corrected chi connectivity index (χ3v) is 4.97. The van der Waals surface area contributed by atoms with Crippen LogP contribution in [0.25, 0.3) is 0 Å². The third kappa shape index (κ3) is 4.51. The Morgan fingerprint density at radius 2 is 1.96 bits per heavy atom. The highest BCUT2D eigenvalue weighted by Gasteiger charge is 2.35. The van der Waals surface area contributed by atoms with Gasteiger partial charge >= 0.3 is 0 Å². The molecule has 25 heavy (non-hydrogen) atoms. The van der Waals surface area contributed by atoms with Gasteiger partial charge in [-0.15, -0.1) is 0 Å². The number of anilines is 1. The monoisotopic (exact) mass is 346 g/mol. The predicted molar refractivity (Wildman–Crippen MR) is 94.6 cm³/mol. The highest BCUT2D eigenvalue weighted by Crippen LogP contribution is 2.25. The van der Waals surface area contributed by atoms with Gasteiger partial charge in [0.2, 0.25) is 5.91 Å². The van der Waals surface area contributed by atoms with E-state index in [4.69, 9.17) is 9.47 Å². The number of nitrogens with one attached hydrogen (secondary N) is 1. The van der Waals surface area contributed by atoms with Crippen LogP contribution in [0.5, 0.6) is 5.75 Å². The number of rotatable bonds is 5. The van der Waals surface area contributed by atoms with Crippen LogP contribution < -0.4 is 10.1 Å². The van der Waals surface area contributed by atoms with Crippen molar-refractivity contribution in [3.8, 4) is 5.75 Å². The van der Waals surface area contributed by atoms with E-state index >= 15 is 0 Å². The normalized spacial score (nSPS) is 21.9. The second kappa shape index (κ2) is 8.34. The molecule has 6 heteroatoms. The van der Waals surface area contributed by atoms with Crippen LogP contribution in [0.15, 0.2) is 24.3 Å². The van der Waals surface area contributed by atoms with Crippen molar-refractivity contribution < 1.29 is 19.1 Å². The van der Waals surface area contributed by atoms with E-state index in [1.165, 1.54) is 19.3 Å². The Labute approximate surface area is 148 Å². The molecule has 2 fully saturated rings. The minimum Gasteiger partial charge on any atom is -0.497 e. The first-order valence-corrected chi connectivity index (χ1v) is 9.03. The molecule has 1 atom stereocenters. The first-order valence-electron chi connectivity index (χ1n) is 9.03. The lowest BCUT2D eigenvalue weighted by atomic mass is 9.93. The zero-order valence-corrected chi connectivity index (χ0v) is 14.7. The minimum absolute atomic E-state index is 0.0389. The molecule has 1 aliphatic carbocycles. The van der Waals surface area contributed by atoms with E-state index in [0.717, 1.165) is 18.6 Å².